The lowest BCUT2D eigenvalue weighted by atomic mass is 10.0. The number of benzene rings is 2. The molecule has 0 saturated heterocycles. The van der Waals surface area contributed by atoms with Gasteiger partial charge in [0.05, 0.1) is 11.6 Å². The summed E-state index contributed by atoms with van der Waals surface area (Å²) < 4.78 is 35.4. The van der Waals surface area contributed by atoms with Crippen LogP contribution in [0.15, 0.2) is 53.3 Å². The Bertz CT molecular complexity index is 998. The maximum Gasteiger partial charge on any atom is 0.368 e. The first kappa shape index (κ1) is 16.4. The maximum absolute atomic E-state index is 13.7. The van der Waals surface area contributed by atoms with Gasteiger partial charge in [-0.25, -0.2) is 13.6 Å². The molecule has 4 rings (SSSR count). The lowest BCUT2D eigenvalue weighted by Crippen LogP contribution is -2.23. The molecule has 3 aromatic rings. The van der Waals surface area contributed by atoms with Gasteiger partial charge in [-0.3, -0.25) is 0 Å². The number of alkyl halides is 2. The van der Waals surface area contributed by atoms with Crippen LogP contribution in [0.25, 0.3) is 5.69 Å². The standard InChI is InChI=1S/C18H16F2N4O2/c1-23-17(25)24(22-21-23)16-9-5-8-13(15-10-18(15,19)20)14(16)11-26-12-6-3-2-4-7-12/h2-9,15H,10-11H2,1H3. The Balaban J connectivity index is 1.77. The maximum atomic E-state index is 13.7. The molecule has 1 unspecified atom stereocenters. The average molecular weight is 358 g/mol. The van der Waals surface area contributed by atoms with E-state index >= 15 is 0 Å². The molecule has 0 N–H and O–H groups in total. The highest BCUT2D eigenvalue weighted by Gasteiger charge is 2.58. The molecule has 1 heterocycles. The number of hydrogen-bond donors (Lipinski definition) is 0. The third-order valence-electron chi connectivity index (χ3n) is 4.47. The summed E-state index contributed by atoms with van der Waals surface area (Å²) >= 11 is 0. The smallest absolute Gasteiger partial charge is 0.368 e. The minimum atomic E-state index is -2.73. The number of ether oxygens (including phenoxy) is 1. The lowest BCUT2D eigenvalue weighted by Gasteiger charge is -2.15. The van der Waals surface area contributed by atoms with Gasteiger partial charge in [0.15, 0.2) is 0 Å². The van der Waals surface area contributed by atoms with E-state index in [0.29, 0.717) is 22.6 Å². The minimum Gasteiger partial charge on any atom is -0.489 e. The highest BCUT2D eigenvalue weighted by molar-refractivity contribution is 5.49. The molecule has 0 spiro atoms. The van der Waals surface area contributed by atoms with Gasteiger partial charge in [0.2, 0.25) is 0 Å². The molecule has 1 aliphatic carbocycles. The first-order valence-corrected chi connectivity index (χ1v) is 8.14. The van der Waals surface area contributed by atoms with E-state index in [1.54, 1.807) is 30.3 Å². The van der Waals surface area contributed by atoms with Crippen LogP contribution in [0.4, 0.5) is 8.78 Å². The van der Waals surface area contributed by atoms with Gasteiger partial charge in [0.1, 0.15) is 12.4 Å². The number of para-hydroxylation sites is 1. The second-order valence-corrected chi connectivity index (χ2v) is 6.26. The van der Waals surface area contributed by atoms with Crippen molar-refractivity contribution in [3.63, 3.8) is 0 Å². The van der Waals surface area contributed by atoms with E-state index in [0.717, 1.165) is 9.36 Å². The molecule has 0 radical (unpaired) electrons. The second kappa shape index (κ2) is 6.05. The van der Waals surface area contributed by atoms with Crippen molar-refractivity contribution in [2.24, 2.45) is 7.05 Å². The molecule has 0 aliphatic heterocycles. The summed E-state index contributed by atoms with van der Waals surface area (Å²) in [4.78, 5) is 12.2. The molecule has 0 bridgehead atoms. The third-order valence-corrected chi connectivity index (χ3v) is 4.47. The second-order valence-electron chi connectivity index (χ2n) is 6.26. The summed E-state index contributed by atoms with van der Waals surface area (Å²) in [5.41, 5.74) is 0.937. The Morgan fingerprint density at radius 2 is 1.88 bits per heavy atom. The molecule has 0 amide bonds. The molecule has 8 heteroatoms. The van der Waals surface area contributed by atoms with E-state index in [4.69, 9.17) is 4.74 Å². The van der Waals surface area contributed by atoms with Crippen LogP contribution < -0.4 is 10.4 Å². The number of nitrogens with zero attached hydrogens (tertiary/aromatic N) is 4. The zero-order valence-corrected chi connectivity index (χ0v) is 14.0. The molecule has 1 atom stereocenters. The fourth-order valence-corrected chi connectivity index (χ4v) is 2.96. The summed E-state index contributed by atoms with van der Waals surface area (Å²) in [7, 11) is 1.48. The van der Waals surface area contributed by atoms with E-state index < -0.39 is 17.5 Å². The molecular weight excluding hydrogens is 342 g/mol. The molecule has 2 aromatic carbocycles. The topological polar surface area (TPSA) is 61.9 Å². The SMILES string of the molecule is Cn1nnn(-c2cccc(C3CC3(F)F)c2COc2ccccc2)c1=O. The summed E-state index contributed by atoms with van der Waals surface area (Å²) in [6, 6.07) is 14.0. The van der Waals surface area contributed by atoms with Crippen LogP contribution in [-0.4, -0.2) is 25.7 Å². The van der Waals surface area contributed by atoms with Gasteiger partial charge in [0.25, 0.3) is 5.92 Å². The first-order valence-electron chi connectivity index (χ1n) is 8.14. The van der Waals surface area contributed by atoms with Crippen molar-refractivity contribution in [1.29, 1.82) is 0 Å². The van der Waals surface area contributed by atoms with Crippen molar-refractivity contribution in [2.45, 2.75) is 24.9 Å². The van der Waals surface area contributed by atoms with E-state index in [9.17, 15) is 13.6 Å². The van der Waals surface area contributed by atoms with Gasteiger partial charge in [-0.2, -0.15) is 9.36 Å². The average Bonchev–Trinajstić information content (AvgIpc) is 3.15. The normalized spacial score (nSPS) is 17.9. The van der Waals surface area contributed by atoms with Gasteiger partial charge in [-0.15, -0.1) is 0 Å². The van der Waals surface area contributed by atoms with Gasteiger partial charge in [-0.05, 0) is 34.2 Å². The number of halogens is 2. The molecule has 1 aromatic heterocycles. The van der Waals surface area contributed by atoms with Crippen LogP contribution in [0, 0.1) is 0 Å². The number of rotatable bonds is 5. The van der Waals surface area contributed by atoms with Crippen molar-refractivity contribution in [1.82, 2.24) is 19.8 Å². The predicted octanol–water partition coefficient (Wildman–Crippen LogP) is 2.67. The zero-order valence-electron chi connectivity index (χ0n) is 14.0. The third kappa shape index (κ3) is 2.87. The minimum absolute atomic E-state index is 0.0467. The summed E-state index contributed by atoms with van der Waals surface area (Å²) in [5, 5.41) is 7.53. The van der Waals surface area contributed by atoms with Gasteiger partial charge < -0.3 is 4.74 Å². The van der Waals surface area contributed by atoms with Crippen molar-refractivity contribution in [2.75, 3.05) is 0 Å². The zero-order chi connectivity index (χ0) is 18.3. The fourth-order valence-electron chi connectivity index (χ4n) is 2.96. The largest absolute Gasteiger partial charge is 0.489 e. The Morgan fingerprint density at radius 1 is 1.15 bits per heavy atom. The summed E-state index contributed by atoms with van der Waals surface area (Å²) in [5.74, 6) is -2.99. The van der Waals surface area contributed by atoms with Crippen LogP contribution in [0.3, 0.4) is 0 Å². The molecule has 6 nitrogen and oxygen atoms in total. The Morgan fingerprint density at radius 3 is 2.50 bits per heavy atom. The molecular formula is C18H16F2N4O2. The Kier molecular flexibility index (Phi) is 3.82. The van der Waals surface area contributed by atoms with Crippen molar-refractivity contribution in [3.8, 4) is 11.4 Å². The number of aryl methyl sites for hydroxylation is 1. The number of aromatic nitrogens is 4. The Labute approximate surface area is 147 Å². The van der Waals surface area contributed by atoms with Gasteiger partial charge >= 0.3 is 5.69 Å². The van der Waals surface area contributed by atoms with Crippen LogP contribution >= 0.6 is 0 Å². The van der Waals surface area contributed by atoms with Crippen molar-refractivity contribution >= 4 is 0 Å². The van der Waals surface area contributed by atoms with Crippen LogP contribution in [0.2, 0.25) is 0 Å². The van der Waals surface area contributed by atoms with E-state index in [1.807, 2.05) is 18.2 Å². The monoisotopic (exact) mass is 358 g/mol. The molecule has 134 valence electrons. The molecule has 26 heavy (non-hydrogen) atoms. The van der Waals surface area contributed by atoms with Gasteiger partial charge in [0, 0.05) is 19.0 Å². The first-order chi connectivity index (χ1) is 12.5. The summed E-state index contributed by atoms with van der Waals surface area (Å²) in [6.45, 7) is 0.0467. The van der Waals surface area contributed by atoms with E-state index in [1.165, 1.54) is 7.05 Å². The highest BCUT2D eigenvalue weighted by atomic mass is 19.3. The van der Waals surface area contributed by atoms with Crippen molar-refractivity contribution < 1.29 is 13.5 Å². The molecule has 1 aliphatic rings. The summed E-state index contributed by atoms with van der Waals surface area (Å²) in [6.07, 6.45) is -0.204. The number of tetrazole rings is 1. The number of hydrogen-bond acceptors (Lipinski definition) is 4. The quantitative estimate of drug-likeness (QED) is 0.704. The van der Waals surface area contributed by atoms with Crippen molar-refractivity contribution in [3.05, 3.63) is 70.1 Å². The van der Waals surface area contributed by atoms with Crippen LogP contribution in [0.1, 0.15) is 23.5 Å². The van der Waals surface area contributed by atoms with Crippen LogP contribution in [-0.2, 0) is 13.7 Å². The van der Waals surface area contributed by atoms with Crippen LogP contribution in [0.5, 0.6) is 5.75 Å². The van der Waals surface area contributed by atoms with Gasteiger partial charge in [-0.1, -0.05) is 30.3 Å². The molecule has 1 saturated carbocycles. The van der Waals surface area contributed by atoms with E-state index in [2.05, 4.69) is 10.4 Å². The lowest BCUT2D eigenvalue weighted by molar-refractivity contribution is 0.112. The van der Waals surface area contributed by atoms with E-state index in [-0.39, 0.29) is 13.0 Å². The fraction of sp³-hybridized carbons (Fsp3) is 0.278. The predicted molar refractivity (Wildman–Crippen MR) is 89.7 cm³/mol. The highest BCUT2D eigenvalue weighted by Crippen LogP contribution is 2.56. The Hall–Kier alpha value is -3.03. The molecule has 1 fully saturated rings.